The van der Waals surface area contributed by atoms with Crippen LogP contribution < -0.4 is 10.6 Å². The molecule has 0 spiro atoms. The molecule has 2 aromatic rings. The first-order valence-electron chi connectivity index (χ1n) is 9.55. The summed E-state index contributed by atoms with van der Waals surface area (Å²) in [5, 5.41) is 6.48. The minimum atomic E-state index is 0.161. The quantitative estimate of drug-likeness (QED) is 0.524. The van der Waals surface area contributed by atoms with Gasteiger partial charge in [0.25, 0.3) is 0 Å². The zero-order chi connectivity index (χ0) is 19.5. The Labute approximate surface area is 161 Å². The van der Waals surface area contributed by atoms with E-state index in [1.54, 1.807) is 12.5 Å². The Kier molecular flexibility index (Phi) is 8.35. The fourth-order valence-corrected chi connectivity index (χ4v) is 2.83. The van der Waals surface area contributed by atoms with Crippen LogP contribution in [-0.4, -0.2) is 52.5 Å². The molecule has 27 heavy (non-hydrogen) atoms. The minimum absolute atomic E-state index is 0.161. The van der Waals surface area contributed by atoms with Crippen molar-refractivity contribution < 1.29 is 4.79 Å². The van der Waals surface area contributed by atoms with E-state index in [0.29, 0.717) is 25.5 Å². The van der Waals surface area contributed by atoms with Crippen LogP contribution in [0.25, 0.3) is 5.69 Å². The number of rotatable bonds is 9. The highest BCUT2D eigenvalue weighted by atomic mass is 16.2. The van der Waals surface area contributed by atoms with E-state index in [1.165, 1.54) is 0 Å². The van der Waals surface area contributed by atoms with E-state index in [9.17, 15) is 4.79 Å². The van der Waals surface area contributed by atoms with Crippen LogP contribution in [0.3, 0.4) is 0 Å². The molecule has 7 heteroatoms. The number of benzene rings is 1. The predicted molar refractivity (Wildman–Crippen MR) is 109 cm³/mol. The number of para-hydroxylation sites is 1. The Balaban J connectivity index is 1.99. The minimum Gasteiger partial charge on any atom is -0.357 e. The van der Waals surface area contributed by atoms with E-state index in [4.69, 9.17) is 0 Å². The van der Waals surface area contributed by atoms with Gasteiger partial charge in [0.1, 0.15) is 0 Å². The number of carbonyl (C=O) groups is 1. The molecule has 0 fully saturated rings. The number of carbonyl (C=O) groups excluding carboxylic acids is 1. The van der Waals surface area contributed by atoms with E-state index in [1.807, 2.05) is 48.6 Å². The maximum atomic E-state index is 12.1. The first kappa shape index (κ1) is 20.5. The zero-order valence-electron chi connectivity index (χ0n) is 16.5. The summed E-state index contributed by atoms with van der Waals surface area (Å²) in [6.45, 7) is 9.37. The molecule has 0 aliphatic heterocycles. The Morgan fingerprint density at radius 3 is 2.63 bits per heavy atom. The average Bonchev–Trinajstić information content (AvgIpc) is 3.22. The lowest BCUT2D eigenvalue weighted by atomic mass is 10.2. The molecule has 7 nitrogen and oxygen atoms in total. The largest absolute Gasteiger partial charge is 0.357 e. The van der Waals surface area contributed by atoms with E-state index in [0.717, 1.165) is 30.9 Å². The van der Waals surface area contributed by atoms with Crippen LogP contribution in [0.2, 0.25) is 0 Å². The van der Waals surface area contributed by atoms with E-state index >= 15 is 0 Å². The Bertz CT molecular complexity index is 722. The van der Waals surface area contributed by atoms with Crippen LogP contribution in [-0.2, 0) is 11.3 Å². The summed E-state index contributed by atoms with van der Waals surface area (Å²) >= 11 is 0. The van der Waals surface area contributed by atoms with Crippen LogP contribution in [0.4, 0.5) is 0 Å². The van der Waals surface area contributed by atoms with Crippen LogP contribution in [0, 0.1) is 0 Å². The van der Waals surface area contributed by atoms with Crippen molar-refractivity contribution >= 4 is 11.9 Å². The van der Waals surface area contributed by atoms with E-state index in [2.05, 4.69) is 32.7 Å². The molecule has 1 amide bonds. The molecule has 0 atom stereocenters. The van der Waals surface area contributed by atoms with E-state index < -0.39 is 0 Å². The van der Waals surface area contributed by atoms with Crippen molar-refractivity contribution in [3.05, 3.63) is 48.5 Å². The maximum absolute atomic E-state index is 12.1. The SMILES string of the molecule is CCNC(=NCc1ccccc1-n1ccnc1)NCCC(=O)N(CC)CC. The lowest BCUT2D eigenvalue weighted by Crippen LogP contribution is -2.40. The highest BCUT2D eigenvalue weighted by Crippen LogP contribution is 2.14. The van der Waals surface area contributed by atoms with Crippen LogP contribution in [0.1, 0.15) is 32.8 Å². The number of imidazole rings is 1. The lowest BCUT2D eigenvalue weighted by Gasteiger charge is -2.19. The van der Waals surface area contributed by atoms with Crippen LogP contribution in [0.15, 0.2) is 48.0 Å². The van der Waals surface area contributed by atoms with Gasteiger partial charge in [0.05, 0.1) is 18.6 Å². The monoisotopic (exact) mass is 370 g/mol. The normalized spacial score (nSPS) is 11.3. The van der Waals surface area contributed by atoms with Crippen molar-refractivity contribution in [2.75, 3.05) is 26.2 Å². The van der Waals surface area contributed by atoms with Gasteiger partial charge < -0.3 is 20.1 Å². The third-order valence-electron chi connectivity index (χ3n) is 4.27. The van der Waals surface area contributed by atoms with Crippen molar-refractivity contribution in [2.45, 2.75) is 33.7 Å². The standard InChI is InChI=1S/C20H30N6O/c1-4-22-20(23-12-11-19(27)25(5-2)6-3)24-15-17-9-7-8-10-18(17)26-14-13-21-16-26/h7-10,13-14,16H,4-6,11-12,15H2,1-3H3,(H2,22,23,24). The summed E-state index contributed by atoms with van der Waals surface area (Å²) in [5.41, 5.74) is 2.17. The third-order valence-corrected chi connectivity index (χ3v) is 4.27. The summed E-state index contributed by atoms with van der Waals surface area (Å²) in [5.74, 6) is 0.874. The molecule has 1 aromatic carbocycles. The zero-order valence-corrected chi connectivity index (χ0v) is 16.5. The molecule has 0 radical (unpaired) electrons. The molecular weight excluding hydrogens is 340 g/mol. The highest BCUT2D eigenvalue weighted by Gasteiger charge is 2.09. The molecule has 0 aliphatic rings. The first-order chi connectivity index (χ1) is 13.2. The lowest BCUT2D eigenvalue weighted by molar-refractivity contribution is -0.130. The number of aliphatic imine (C=N–C) groups is 1. The molecule has 1 heterocycles. The van der Waals surface area contributed by atoms with Gasteiger partial charge in [-0.3, -0.25) is 4.79 Å². The second-order valence-electron chi connectivity index (χ2n) is 6.04. The highest BCUT2D eigenvalue weighted by molar-refractivity contribution is 5.81. The fraction of sp³-hybridized carbons (Fsp3) is 0.450. The van der Waals surface area contributed by atoms with Crippen molar-refractivity contribution in [1.29, 1.82) is 0 Å². The first-order valence-corrected chi connectivity index (χ1v) is 9.55. The van der Waals surface area contributed by atoms with Crippen LogP contribution in [0.5, 0.6) is 0 Å². The third kappa shape index (κ3) is 6.13. The van der Waals surface area contributed by atoms with Crippen molar-refractivity contribution in [3.63, 3.8) is 0 Å². The van der Waals surface area contributed by atoms with Crippen molar-refractivity contribution in [2.24, 2.45) is 4.99 Å². The average molecular weight is 371 g/mol. The molecule has 1 aromatic heterocycles. The molecule has 146 valence electrons. The number of guanidine groups is 1. The Hall–Kier alpha value is -2.83. The van der Waals surface area contributed by atoms with Gasteiger partial charge in [0.15, 0.2) is 5.96 Å². The number of amides is 1. The molecule has 2 rings (SSSR count). The van der Waals surface area contributed by atoms with Gasteiger partial charge in [-0.2, -0.15) is 0 Å². The van der Waals surface area contributed by atoms with Gasteiger partial charge in [-0.25, -0.2) is 9.98 Å². The topological polar surface area (TPSA) is 74.5 Å². The smallest absolute Gasteiger partial charge is 0.224 e. The summed E-state index contributed by atoms with van der Waals surface area (Å²) in [7, 11) is 0. The van der Waals surface area contributed by atoms with Gasteiger partial charge in [0, 0.05) is 45.0 Å². The molecular formula is C20H30N6O. The van der Waals surface area contributed by atoms with Crippen molar-refractivity contribution in [1.82, 2.24) is 25.1 Å². The summed E-state index contributed by atoms with van der Waals surface area (Å²) < 4.78 is 1.98. The number of hydrogen-bond acceptors (Lipinski definition) is 3. The summed E-state index contributed by atoms with van der Waals surface area (Å²) in [6, 6.07) is 8.13. The van der Waals surface area contributed by atoms with Crippen molar-refractivity contribution in [3.8, 4) is 5.69 Å². The summed E-state index contributed by atoms with van der Waals surface area (Å²) in [4.78, 5) is 22.7. The van der Waals surface area contributed by atoms with E-state index in [-0.39, 0.29) is 5.91 Å². The van der Waals surface area contributed by atoms with Gasteiger partial charge in [0.2, 0.25) is 5.91 Å². The number of aromatic nitrogens is 2. The summed E-state index contributed by atoms with van der Waals surface area (Å²) in [6.07, 6.45) is 5.92. The molecule has 2 N–H and O–H groups in total. The predicted octanol–water partition coefficient (Wildman–Crippen LogP) is 2.19. The molecule has 0 saturated carbocycles. The second-order valence-corrected chi connectivity index (χ2v) is 6.04. The van der Waals surface area contributed by atoms with Gasteiger partial charge in [-0.05, 0) is 32.4 Å². The van der Waals surface area contributed by atoms with Gasteiger partial charge in [-0.15, -0.1) is 0 Å². The van der Waals surface area contributed by atoms with Gasteiger partial charge in [-0.1, -0.05) is 18.2 Å². The fourth-order valence-electron chi connectivity index (χ4n) is 2.83. The molecule has 0 bridgehead atoms. The number of nitrogens with zero attached hydrogens (tertiary/aromatic N) is 4. The Morgan fingerprint density at radius 2 is 1.96 bits per heavy atom. The van der Waals surface area contributed by atoms with Gasteiger partial charge >= 0.3 is 0 Å². The maximum Gasteiger partial charge on any atom is 0.224 e. The second kappa shape index (κ2) is 11.0. The number of hydrogen-bond donors (Lipinski definition) is 2. The number of nitrogens with one attached hydrogen (secondary N) is 2. The van der Waals surface area contributed by atoms with Crippen LogP contribution >= 0.6 is 0 Å². The Morgan fingerprint density at radius 1 is 1.19 bits per heavy atom. The molecule has 0 saturated heterocycles. The molecule has 0 aliphatic carbocycles. The molecule has 0 unspecified atom stereocenters.